The first-order chi connectivity index (χ1) is 9.48. The molecule has 2 heterocycles. The van der Waals surface area contributed by atoms with Crippen molar-refractivity contribution in [1.82, 2.24) is 20.4 Å². The molecule has 110 valence electrons. The SMILES string of the molecule is CC1(OCC(=O)O)CN(C(=O)NCCc2ncno2)C1. The molecular weight excluding hydrogens is 268 g/mol. The highest BCUT2D eigenvalue weighted by atomic mass is 16.5. The lowest BCUT2D eigenvalue weighted by Crippen LogP contribution is -2.65. The van der Waals surface area contributed by atoms with Crippen LogP contribution in [0.25, 0.3) is 0 Å². The fourth-order valence-electron chi connectivity index (χ4n) is 1.93. The molecule has 1 aliphatic rings. The summed E-state index contributed by atoms with van der Waals surface area (Å²) in [5, 5.41) is 14.7. The van der Waals surface area contributed by atoms with E-state index in [9.17, 15) is 9.59 Å². The minimum absolute atomic E-state index is 0.221. The van der Waals surface area contributed by atoms with E-state index in [0.29, 0.717) is 31.9 Å². The zero-order valence-corrected chi connectivity index (χ0v) is 11.0. The number of carbonyl (C=O) groups excluding carboxylic acids is 1. The summed E-state index contributed by atoms with van der Waals surface area (Å²) in [6, 6.07) is -0.221. The minimum atomic E-state index is -1.02. The second-order valence-corrected chi connectivity index (χ2v) is 4.81. The molecule has 0 aliphatic carbocycles. The van der Waals surface area contributed by atoms with Gasteiger partial charge in [0.25, 0.3) is 0 Å². The number of carboxylic acids is 1. The summed E-state index contributed by atoms with van der Waals surface area (Å²) >= 11 is 0. The summed E-state index contributed by atoms with van der Waals surface area (Å²) in [4.78, 5) is 27.6. The fraction of sp³-hybridized carbons (Fsp3) is 0.636. The number of carboxylic acid groups (broad SMARTS) is 1. The zero-order valence-electron chi connectivity index (χ0n) is 11.0. The van der Waals surface area contributed by atoms with Crippen LogP contribution < -0.4 is 5.32 Å². The van der Waals surface area contributed by atoms with Crippen LogP contribution in [0, 0.1) is 0 Å². The van der Waals surface area contributed by atoms with Crippen LogP contribution in [0.4, 0.5) is 4.79 Å². The molecule has 0 atom stereocenters. The maximum absolute atomic E-state index is 11.8. The van der Waals surface area contributed by atoms with Crippen LogP contribution in [-0.2, 0) is 16.0 Å². The van der Waals surface area contributed by atoms with E-state index in [4.69, 9.17) is 14.4 Å². The Labute approximate surface area is 114 Å². The highest BCUT2D eigenvalue weighted by Crippen LogP contribution is 2.24. The lowest BCUT2D eigenvalue weighted by molar-refractivity contribution is -0.159. The van der Waals surface area contributed by atoms with Gasteiger partial charge in [-0.3, -0.25) is 0 Å². The van der Waals surface area contributed by atoms with Gasteiger partial charge in [-0.05, 0) is 6.92 Å². The minimum Gasteiger partial charge on any atom is -0.480 e. The van der Waals surface area contributed by atoms with Crippen molar-refractivity contribution < 1.29 is 24.0 Å². The van der Waals surface area contributed by atoms with Crippen molar-refractivity contribution in [2.45, 2.75) is 18.9 Å². The largest absolute Gasteiger partial charge is 0.480 e. The van der Waals surface area contributed by atoms with E-state index in [2.05, 4.69) is 15.5 Å². The lowest BCUT2D eigenvalue weighted by Gasteiger charge is -2.46. The number of hydrogen-bond donors (Lipinski definition) is 2. The number of aliphatic carboxylic acids is 1. The van der Waals surface area contributed by atoms with E-state index in [1.54, 1.807) is 11.8 Å². The number of rotatable bonds is 6. The van der Waals surface area contributed by atoms with Crippen LogP contribution in [0.3, 0.4) is 0 Å². The van der Waals surface area contributed by atoms with Gasteiger partial charge in [-0.1, -0.05) is 5.16 Å². The summed E-state index contributed by atoms with van der Waals surface area (Å²) in [6.45, 7) is 2.55. The smallest absolute Gasteiger partial charge is 0.329 e. The van der Waals surface area contributed by atoms with Gasteiger partial charge < -0.3 is 24.6 Å². The van der Waals surface area contributed by atoms with Gasteiger partial charge in [-0.25, -0.2) is 9.59 Å². The van der Waals surface area contributed by atoms with Crippen molar-refractivity contribution in [3.63, 3.8) is 0 Å². The molecule has 0 saturated carbocycles. The summed E-state index contributed by atoms with van der Waals surface area (Å²) in [5.74, 6) is -0.558. The predicted molar refractivity (Wildman–Crippen MR) is 65.0 cm³/mol. The van der Waals surface area contributed by atoms with Crippen molar-refractivity contribution in [3.8, 4) is 0 Å². The lowest BCUT2D eigenvalue weighted by atomic mass is 9.97. The van der Waals surface area contributed by atoms with Crippen LogP contribution >= 0.6 is 0 Å². The van der Waals surface area contributed by atoms with E-state index in [1.807, 2.05) is 0 Å². The zero-order chi connectivity index (χ0) is 14.6. The van der Waals surface area contributed by atoms with Crippen LogP contribution in [0.2, 0.25) is 0 Å². The number of nitrogens with zero attached hydrogens (tertiary/aromatic N) is 3. The third-order valence-corrected chi connectivity index (χ3v) is 2.90. The molecule has 1 aliphatic heterocycles. The van der Waals surface area contributed by atoms with Gasteiger partial charge in [0.05, 0.1) is 13.1 Å². The number of nitrogens with one attached hydrogen (secondary N) is 1. The maximum atomic E-state index is 11.8. The molecular formula is C11H16N4O5. The molecule has 1 fully saturated rings. The molecule has 1 saturated heterocycles. The molecule has 0 unspecified atom stereocenters. The van der Waals surface area contributed by atoms with Gasteiger partial charge in [0.2, 0.25) is 5.89 Å². The Morgan fingerprint density at radius 2 is 2.35 bits per heavy atom. The Balaban J connectivity index is 1.64. The topological polar surface area (TPSA) is 118 Å². The molecule has 0 spiro atoms. The number of likely N-dealkylation sites (tertiary alicyclic amines) is 1. The average Bonchev–Trinajstić information content (AvgIpc) is 2.86. The normalized spacial score (nSPS) is 16.6. The molecule has 9 nitrogen and oxygen atoms in total. The molecule has 20 heavy (non-hydrogen) atoms. The molecule has 2 N–H and O–H groups in total. The Kier molecular flexibility index (Phi) is 4.18. The summed E-state index contributed by atoms with van der Waals surface area (Å²) in [5.41, 5.74) is -0.581. The average molecular weight is 284 g/mol. The summed E-state index contributed by atoms with van der Waals surface area (Å²) in [6.07, 6.45) is 1.77. The first-order valence-corrected chi connectivity index (χ1v) is 6.13. The maximum Gasteiger partial charge on any atom is 0.329 e. The first kappa shape index (κ1) is 14.3. The van der Waals surface area contributed by atoms with Crippen molar-refractivity contribution >= 4 is 12.0 Å². The van der Waals surface area contributed by atoms with Gasteiger partial charge in [0.15, 0.2) is 6.33 Å². The quantitative estimate of drug-likeness (QED) is 0.722. The van der Waals surface area contributed by atoms with E-state index >= 15 is 0 Å². The van der Waals surface area contributed by atoms with E-state index in [-0.39, 0.29) is 12.6 Å². The second kappa shape index (κ2) is 5.87. The van der Waals surface area contributed by atoms with Crippen LogP contribution in [0.1, 0.15) is 12.8 Å². The molecule has 0 aromatic carbocycles. The predicted octanol–water partition coefficient (Wildman–Crippen LogP) is -0.503. The molecule has 1 aromatic heterocycles. The molecule has 1 aromatic rings. The molecule has 0 radical (unpaired) electrons. The first-order valence-electron chi connectivity index (χ1n) is 6.13. The molecule has 0 bridgehead atoms. The van der Waals surface area contributed by atoms with Gasteiger partial charge in [0, 0.05) is 13.0 Å². The summed E-state index contributed by atoms with van der Waals surface area (Å²) in [7, 11) is 0. The third kappa shape index (κ3) is 3.67. The van der Waals surface area contributed by atoms with Crippen LogP contribution in [0.5, 0.6) is 0 Å². The van der Waals surface area contributed by atoms with Gasteiger partial charge in [0.1, 0.15) is 12.2 Å². The Bertz CT molecular complexity index is 469. The fourth-order valence-corrected chi connectivity index (χ4v) is 1.93. The Morgan fingerprint density at radius 3 is 2.95 bits per heavy atom. The summed E-state index contributed by atoms with van der Waals surface area (Å²) < 4.78 is 10.0. The van der Waals surface area contributed by atoms with Crippen molar-refractivity contribution in [3.05, 3.63) is 12.2 Å². The van der Waals surface area contributed by atoms with Crippen molar-refractivity contribution in [1.29, 1.82) is 0 Å². The molecule has 2 rings (SSSR count). The van der Waals surface area contributed by atoms with E-state index < -0.39 is 11.6 Å². The number of urea groups is 1. The van der Waals surface area contributed by atoms with Gasteiger partial charge in [-0.15, -0.1) is 0 Å². The monoisotopic (exact) mass is 284 g/mol. The number of amides is 2. The number of aromatic nitrogens is 2. The third-order valence-electron chi connectivity index (χ3n) is 2.90. The highest BCUT2D eigenvalue weighted by molar-refractivity contribution is 5.75. The van der Waals surface area contributed by atoms with E-state index in [1.165, 1.54) is 6.33 Å². The standard InChI is InChI=1S/C11H16N4O5/c1-11(19-4-9(16)17)5-15(6-11)10(18)12-3-2-8-13-7-14-20-8/h7H,2-6H2,1H3,(H,12,18)(H,16,17). The molecule has 9 heteroatoms. The van der Waals surface area contributed by atoms with Crippen molar-refractivity contribution in [2.75, 3.05) is 26.2 Å². The van der Waals surface area contributed by atoms with Crippen LogP contribution in [-0.4, -0.2) is 64.0 Å². The second-order valence-electron chi connectivity index (χ2n) is 4.81. The van der Waals surface area contributed by atoms with Gasteiger partial charge in [-0.2, -0.15) is 4.98 Å². The molecule has 2 amide bonds. The van der Waals surface area contributed by atoms with Gasteiger partial charge >= 0.3 is 12.0 Å². The highest BCUT2D eigenvalue weighted by Gasteiger charge is 2.42. The Hall–Kier alpha value is -2.16. The number of hydrogen-bond acceptors (Lipinski definition) is 6. The van der Waals surface area contributed by atoms with E-state index in [0.717, 1.165) is 0 Å². The van der Waals surface area contributed by atoms with Crippen LogP contribution in [0.15, 0.2) is 10.9 Å². The Morgan fingerprint density at radius 1 is 1.60 bits per heavy atom. The van der Waals surface area contributed by atoms with Crippen molar-refractivity contribution in [2.24, 2.45) is 0 Å². The number of carbonyl (C=O) groups is 2. The number of ether oxygens (including phenoxy) is 1.